The summed E-state index contributed by atoms with van der Waals surface area (Å²) in [7, 11) is 0. The predicted octanol–water partition coefficient (Wildman–Crippen LogP) is 1.21. The molecule has 17 heavy (non-hydrogen) atoms. The average Bonchev–Trinajstić information content (AvgIpc) is 2.33. The van der Waals surface area contributed by atoms with Crippen LogP contribution in [0.4, 0.5) is 0 Å². The number of carbonyl (C=O) groups is 1. The highest BCUT2D eigenvalue weighted by atomic mass is 127. The van der Waals surface area contributed by atoms with Gasteiger partial charge >= 0.3 is 0 Å². The van der Waals surface area contributed by atoms with Crippen LogP contribution in [0.3, 0.4) is 0 Å². The minimum Gasteiger partial charge on any atom is -0.343 e. The molecule has 0 saturated carbocycles. The van der Waals surface area contributed by atoms with Crippen molar-refractivity contribution < 1.29 is 4.79 Å². The van der Waals surface area contributed by atoms with Crippen molar-refractivity contribution in [2.24, 2.45) is 5.92 Å². The Balaban J connectivity index is 1.69. The van der Waals surface area contributed by atoms with E-state index in [2.05, 4.69) is 30.9 Å². The van der Waals surface area contributed by atoms with E-state index < -0.39 is 0 Å². The Kier molecular flexibility index (Phi) is 5.05. The lowest BCUT2D eigenvalue weighted by Crippen LogP contribution is -2.46. The van der Waals surface area contributed by atoms with Crippen LogP contribution in [0, 0.1) is 5.92 Å². The van der Waals surface area contributed by atoms with Gasteiger partial charge in [-0.15, -0.1) is 0 Å². The van der Waals surface area contributed by atoms with Crippen molar-refractivity contribution in [2.45, 2.75) is 19.8 Å². The summed E-state index contributed by atoms with van der Waals surface area (Å²) in [6.45, 7) is 9.63. The Hall–Kier alpha value is 0.120. The summed E-state index contributed by atoms with van der Waals surface area (Å²) in [6.07, 6.45) is 2.37. The molecule has 0 bridgehead atoms. The first-order chi connectivity index (χ1) is 8.15. The van der Waals surface area contributed by atoms with E-state index in [9.17, 15) is 4.79 Å². The topological polar surface area (TPSA) is 26.8 Å². The van der Waals surface area contributed by atoms with Gasteiger partial charge in [0.15, 0.2) is 0 Å². The molecule has 2 saturated heterocycles. The fourth-order valence-electron chi connectivity index (χ4n) is 2.70. The van der Waals surface area contributed by atoms with Crippen LogP contribution >= 0.6 is 22.9 Å². The Labute approximate surface area is 118 Å². The molecule has 4 nitrogen and oxygen atoms in total. The first kappa shape index (κ1) is 13.5. The van der Waals surface area contributed by atoms with E-state index >= 15 is 0 Å². The van der Waals surface area contributed by atoms with Crippen molar-refractivity contribution in [1.29, 1.82) is 0 Å². The highest BCUT2D eigenvalue weighted by Gasteiger charge is 2.24. The minimum absolute atomic E-state index is 0.238. The lowest BCUT2D eigenvalue weighted by atomic mass is 9.96. The molecule has 1 amide bonds. The summed E-state index contributed by atoms with van der Waals surface area (Å²) in [5.41, 5.74) is 0. The molecule has 2 heterocycles. The van der Waals surface area contributed by atoms with E-state index in [1.165, 1.54) is 45.6 Å². The van der Waals surface area contributed by atoms with E-state index in [0.717, 1.165) is 19.0 Å². The van der Waals surface area contributed by atoms with Gasteiger partial charge in [-0.1, -0.05) is 0 Å². The Bertz CT molecular complexity index is 258. The van der Waals surface area contributed by atoms with Gasteiger partial charge in [0.2, 0.25) is 5.91 Å². The number of piperidine rings is 1. The zero-order valence-corrected chi connectivity index (χ0v) is 12.7. The highest BCUT2D eigenvalue weighted by molar-refractivity contribution is 14.1. The molecule has 0 radical (unpaired) electrons. The summed E-state index contributed by atoms with van der Waals surface area (Å²) >= 11 is 2.41. The number of amides is 1. The molecular formula is C12H22IN3O. The third kappa shape index (κ3) is 4.06. The summed E-state index contributed by atoms with van der Waals surface area (Å²) in [5, 5.41) is 0. The number of carbonyl (C=O) groups excluding carboxylic acids is 1. The lowest BCUT2D eigenvalue weighted by Gasteiger charge is -2.37. The van der Waals surface area contributed by atoms with E-state index in [0.29, 0.717) is 0 Å². The third-order valence-corrected chi connectivity index (χ3v) is 4.86. The van der Waals surface area contributed by atoms with Crippen LogP contribution < -0.4 is 0 Å². The molecule has 98 valence electrons. The molecule has 0 unspecified atom stereocenters. The standard InChI is InChI=1S/C12H22IN3O/c1-11(17)15-4-2-12(3-5-15)10-14-6-8-16(13)9-7-14/h12H,2-10H2,1H3. The van der Waals surface area contributed by atoms with Gasteiger partial charge < -0.3 is 9.80 Å². The molecule has 5 heteroatoms. The van der Waals surface area contributed by atoms with Gasteiger partial charge in [-0.05, 0) is 18.8 Å². The van der Waals surface area contributed by atoms with Crippen LogP contribution in [0.25, 0.3) is 0 Å². The van der Waals surface area contributed by atoms with Crippen LogP contribution in [0.1, 0.15) is 19.8 Å². The van der Waals surface area contributed by atoms with Crippen molar-refractivity contribution in [3.8, 4) is 0 Å². The molecule has 2 rings (SSSR count). The van der Waals surface area contributed by atoms with E-state index in [1.807, 2.05) is 4.90 Å². The molecular weight excluding hydrogens is 329 g/mol. The molecule has 0 atom stereocenters. The number of likely N-dealkylation sites (tertiary alicyclic amines) is 1. The van der Waals surface area contributed by atoms with Gasteiger partial charge in [0, 0.05) is 75.6 Å². The second-order valence-electron chi connectivity index (χ2n) is 5.16. The lowest BCUT2D eigenvalue weighted by molar-refractivity contribution is -0.130. The van der Waals surface area contributed by atoms with Crippen molar-refractivity contribution in [3.05, 3.63) is 0 Å². The van der Waals surface area contributed by atoms with Gasteiger partial charge in [-0.3, -0.25) is 4.79 Å². The Morgan fingerprint density at radius 3 is 2.24 bits per heavy atom. The molecule has 0 aromatic carbocycles. The van der Waals surface area contributed by atoms with Crippen LogP contribution in [0.5, 0.6) is 0 Å². The van der Waals surface area contributed by atoms with Crippen molar-refractivity contribution in [1.82, 2.24) is 12.9 Å². The molecule has 0 N–H and O–H groups in total. The predicted molar refractivity (Wildman–Crippen MR) is 77.0 cm³/mol. The highest BCUT2D eigenvalue weighted by Crippen LogP contribution is 2.19. The van der Waals surface area contributed by atoms with Crippen molar-refractivity contribution >= 4 is 28.8 Å². The second-order valence-corrected chi connectivity index (χ2v) is 6.52. The van der Waals surface area contributed by atoms with Gasteiger partial charge in [0.25, 0.3) is 0 Å². The number of nitrogens with zero attached hydrogens (tertiary/aromatic N) is 3. The van der Waals surface area contributed by atoms with Gasteiger partial charge in [0.05, 0.1) is 0 Å². The minimum atomic E-state index is 0.238. The average molecular weight is 351 g/mol. The fraction of sp³-hybridized carbons (Fsp3) is 0.917. The van der Waals surface area contributed by atoms with Gasteiger partial charge in [-0.25, -0.2) is 3.11 Å². The Morgan fingerprint density at radius 1 is 1.12 bits per heavy atom. The quantitative estimate of drug-likeness (QED) is 0.553. The molecule has 2 fully saturated rings. The largest absolute Gasteiger partial charge is 0.343 e. The number of hydrogen-bond donors (Lipinski definition) is 0. The molecule has 0 aromatic rings. The van der Waals surface area contributed by atoms with Gasteiger partial charge in [0.1, 0.15) is 0 Å². The number of hydrogen-bond acceptors (Lipinski definition) is 3. The molecule has 0 aromatic heterocycles. The maximum absolute atomic E-state index is 11.2. The van der Waals surface area contributed by atoms with Gasteiger partial charge in [-0.2, -0.15) is 0 Å². The third-order valence-electron chi connectivity index (χ3n) is 3.89. The monoisotopic (exact) mass is 351 g/mol. The number of piperazine rings is 1. The fourth-order valence-corrected chi connectivity index (χ4v) is 3.13. The zero-order chi connectivity index (χ0) is 12.3. The van der Waals surface area contributed by atoms with E-state index in [4.69, 9.17) is 0 Å². The first-order valence-electron chi connectivity index (χ1n) is 6.54. The maximum Gasteiger partial charge on any atom is 0.219 e. The maximum atomic E-state index is 11.2. The van der Waals surface area contributed by atoms with Crippen LogP contribution in [0.2, 0.25) is 0 Å². The van der Waals surface area contributed by atoms with Crippen molar-refractivity contribution in [3.63, 3.8) is 0 Å². The van der Waals surface area contributed by atoms with E-state index in [-0.39, 0.29) is 5.91 Å². The molecule has 0 spiro atoms. The zero-order valence-electron chi connectivity index (χ0n) is 10.6. The SMILES string of the molecule is CC(=O)N1CCC(CN2CCN(I)CC2)CC1. The van der Waals surface area contributed by atoms with E-state index in [1.54, 1.807) is 6.92 Å². The molecule has 2 aliphatic rings. The normalized spacial score (nSPS) is 25.2. The summed E-state index contributed by atoms with van der Waals surface area (Å²) < 4.78 is 2.37. The van der Waals surface area contributed by atoms with Crippen LogP contribution in [0.15, 0.2) is 0 Å². The number of rotatable bonds is 2. The summed E-state index contributed by atoms with van der Waals surface area (Å²) in [6, 6.07) is 0. The first-order valence-corrected chi connectivity index (χ1v) is 7.50. The smallest absolute Gasteiger partial charge is 0.219 e. The summed E-state index contributed by atoms with van der Waals surface area (Å²) in [4.78, 5) is 15.8. The number of halogens is 1. The van der Waals surface area contributed by atoms with Crippen molar-refractivity contribution in [2.75, 3.05) is 45.8 Å². The van der Waals surface area contributed by atoms with Crippen LogP contribution in [-0.2, 0) is 4.79 Å². The Morgan fingerprint density at radius 2 is 1.71 bits per heavy atom. The second kappa shape index (κ2) is 6.33. The van der Waals surface area contributed by atoms with Crippen LogP contribution in [-0.4, -0.2) is 64.6 Å². The molecule has 2 aliphatic heterocycles. The molecule has 0 aliphatic carbocycles. The summed E-state index contributed by atoms with van der Waals surface area (Å²) in [5.74, 6) is 1.04.